The summed E-state index contributed by atoms with van der Waals surface area (Å²) in [6.45, 7) is 7.81. The fourth-order valence-electron chi connectivity index (χ4n) is 0.641. The quantitative estimate of drug-likeness (QED) is 0.601. The van der Waals surface area contributed by atoms with Gasteiger partial charge in [0, 0.05) is 12.0 Å². The van der Waals surface area contributed by atoms with Gasteiger partial charge in [0.1, 0.15) is 0 Å². The van der Waals surface area contributed by atoms with Crippen molar-refractivity contribution < 1.29 is 9.84 Å². The van der Waals surface area contributed by atoms with Gasteiger partial charge in [0.2, 0.25) is 0 Å². The second-order valence-electron chi connectivity index (χ2n) is 3.73. The van der Waals surface area contributed by atoms with Crippen LogP contribution in [-0.4, -0.2) is 24.9 Å². The van der Waals surface area contributed by atoms with Gasteiger partial charge in [0.15, 0.2) is 0 Å². The molecule has 0 spiro atoms. The van der Waals surface area contributed by atoms with E-state index in [9.17, 15) is 0 Å². The van der Waals surface area contributed by atoms with Crippen molar-refractivity contribution in [2.45, 2.75) is 33.6 Å². The van der Waals surface area contributed by atoms with Crippen molar-refractivity contribution in [3.63, 3.8) is 0 Å². The Morgan fingerprint density at radius 1 is 1.36 bits per heavy atom. The van der Waals surface area contributed by atoms with Crippen LogP contribution in [0.1, 0.15) is 33.6 Å². The first kappa shape index (κ1) is 10.9. The van der Waals surface area contributed by atoms with E-state index in [-0.39, 0.29) is 12.0 Å². The Balaban J connectivity index is 3.23. The lowest BCUT2D eigenvalue weighted by Crippen LogP contribution is -2.23. The molecule has 0 aromatic rings. The summed E-state index contributed by atoms with van der Waals surface area (Å²) in [4.78, 5) is 0. The topological polar surface area (TPSA) is 29.5 Å². The minimum atomic E-state index is -0.0757. The summed E-state index contributed by atoms with van der Waals surface area (Å²) in [5, 5.41) is 8.87. The van der Waals surface area contributed by atoms with E-state index < -0.39 is 0 Å². The average Bonchev–Trinajstić information content (AvgIpc) is 1.99. The standard InChI is InChI=1S/C9H20O2/c1-4-5-6-11-8-9(2,3)7-10/h10H,4-8H2,1-3H3. The Hall–Kier alpha value is -0.0800. The predicted molar refractivity (Wildman–Crippen MR) is 46.6 cm³/mol. The van der Waals surface area contributed by atoms with E-state index in [4.69, 9.17) is 9.84 Å². The number of ether oxygens (including phenoxy) is 1. The maximum absolute atomic E-state index is 8.87. The number of aliphatic hydroxyl groups excluding tert-OH is 1. The molecule has 0 atom stereocenters. The van der Waals surface area contributed by atoms with Crippen molar-refractivity contribution in [1.29, 1.82) is 0 Å². The maximum atomic E-state index is 8.87. The zero-order valence-corrected chi connectivity index (χ0v) is 7.89. The normalized spacial score (nSPS) is 12.0. The van der Waals surface area contributed by atoms with E-state index in [1.807, 2.05) is 13.8 Å². The molecule has 0 rings (SSSR count). The minimum Gasteiger partial charge on any atom is -0.396 e. The molecule has 0 unspecified atom stereocenters. The summed E-state index contributed by atoms with van der Waals surface area (Å²) < 4.78 is 5.37. The molecule has 0 fully saturated rings. The van der Waals surface area contributed by atoms with Gasteiger partial charge < -0.3 is 9.84 Å². The third-order valence-electron chi connectivity index (χ3n) is 1.56. The first-order valence-corrected chi connectivity index (χ1v) is 4.31. The SMILES string of the molecule is CCCCOCC(C)(C)CO. The molecule has 0 radical (unpaired) electrons. The van der Waals surface area contributed by atoms with E-state index in [1.165, 1.54) is 6.42 Å². The lowest BCUT2D eigenvalue weighted by atomic mass is 9.97. The van der Waals surface area contributed by atoms with Crippen molar-refractivity contribution >= 4 is 0 Å². The molecule has 0 saturated heterocycles. The third kappa shape index (κ3) is 6.32. The molecule has 0 aliphatic carbocycles. The van der Waals surface area contributed by atoms with Gasteiger partial charge in [0.25, 0.3) is 0 Å². The van der Waals surface area contributed by atoms with Crippen LogP contribution < -0.4 is 0 Å². The Bertz CT molecular complexity index is 89.6. The molecule has 0 aromatic heterocycles. The van der Waals surface area contributed by atoms with E-state index in [1.54, 1.807) is 0 Å². The molecule has 2 heteroatoms. The highest BCUT2D eigenvalue weighted by atomic mass is 16.5. The van der Waals surface area contributed by atoms with Crippen LogP contribution in [0.25, 0.3) is 0 Å². The lowest BCUT2D eigenvalue weighted by molar-refractivity contribution is 0.0270. The molecule has 11 heavy (non-hydrogen) atoms. The summed E-state index contributed by atoms with van der Waals surface area (Å²) in [5.41, 5.74) is -0.0757. The number of rotatable bonds is 6. The molecule has 68 valence electrons. The highest BCUT2D eigenvalue weighted by Gasteiger charge is 2.15. The molecule has 0 bridgehead atoms. The van der Waals surface area contributed by atoms with Gasteiger partial charge in [-0.15, -0.1) is 0 Å². The van der Waals surface area contributed by atoms with Gasteiger partial charge in [-0.05, 0) is 6.42 Å². The molecule has 0 saturated carbocycles. The van der Waals surface area contributed by atoms with Crippen LogP contribution in [-0.2, 0) is 4.74 Å². The van der Waals surface area contributed by atoms with Gasteiger partial charge in [-0.3, -0.25) is 0 Å². The smallest absolute Gasteiger partial charge is 0.0539 e. The summed E-state index contributed by atoms with van der Waals surface area (Å²) in [6.07, 6.45) is 2.28. The summed E-state index contributed by atoms with van der Waals surface area (Å²) in [6, 6.07) is 0. The van der Waals surface area contributed by atoms with Gasteiger partial charge in [0.05, 0.1) is 13.2 Å². The molecule has 0 heterocycles. The molecular weight excluding hydrogens is 140 g/mol. The van der Waals surface area contributed by atoms with Crippen molar-refractivity contribution in [3.05, 3.63) is 0 Å². The van der Waals surface area contributed by atoms with E-state index in [2.05, 4.69) is 6.92 Å². The molecule has 1 N–H and O–H groups in total. The van der Waals surface area contributed by atoms with Gasteiger partial charge in [-0.1, -0.05) is 27.2 Å². The number of hydrogen-bond donors (Lipinski definition) is 1. The molecule has 0 aliphatic rings. The first-order chi connectivity index (χ1) is 5.12. The lowest BCUT2D eigenvalue weighted by Gasteiger charge is -2.20. The van der Waals surface area contributed by atoms with Crippen LogP contribution in [0, 0.1) is 5.41 Å². The average molecular weight is 160 g/mol. The molecule has 0 aliphatic heterocycles. The van der Waals surface area contributed by atoms with Crippen LogP contribution >= 0.6 is 0 Å². The van der Waals surface area contributed by atoms with Crippen LogP contribution in [0.2, 0.25) is 0 Å². The van der Waals surface area contributed by atoms with E-state index in [0.717, 1.165) is 13.0 Å². The van der Waals surface area contributed by atoms with E-state index in [0.29, 0.717) is 6.61 Å². The molecule has 0 amide bonds. The predicted octanol–water partition coefficient (Wildman–Crippen LogP) is 1.82. The zero-order chi connectivity index (χ0) is 8.74. The Kier molecular flexibility index (Phi) is 5.51. The second-order valence-corrected chi connectivity index (χ2v) is 3.73. The summed E-state index contributed by atoms with van der Waals surface area (Å²) in [7, 11) is 0. The number of unbranched alkanes of at least 4 members (excludes halogenated alkanes) is 1. The van der Waals surface area contributed by atoms with Crippen molar-refractivity contribution in [3.8, 4) is 0 Å². The molecule has 0 aromatic carbocycles. The third-order valence-corrected chi connectivity index (χ3v) is 1.56. The monoisotopic (exact) mass is 160 g/mol. The maximum Gasteiger partial charge on any atom is 0.0539 e. The summed E-state index contributed by atoms with van der Waals surface area (Å²) in [5.74, 6) is 0. The van der Waals surface area contributed by atoms with Gasteiger partial charge >= 0.3 is 0 Å². The van der Waals surface area contributed by atoms with Crippen LogP contribution in [0.4, 0.5) is 0 Å². The highest BCUT2D eigenvalue weighted by molar-refractivity contribution is 4.64. The van der Waals surface area contributed by atoms with Crippen molar-refractivity contribution in [2.75, 3.05) is 19.8 Å². The Labute approximate surface area is 69.6 Å². The number of aliphatic hydroxyl groups is 1. The molecular formula is C9H20O2. The Morgan fingerprint density at radius 3 is 2.45 bits per heavy atom. The number of hydrogen-bond acceptors (Lipinski definition) is 2. The second kappa shape index (κ2) is 5.56. The zero-order valence-electron chi connectivity index (χ0n) is 7.89. The van der Waals surface area contributed by atoms with Gasteiger partial charge in [-0.2, -0.15) is 0 Å². The fraction of sp³-hybridized carbons (Fsp3) is 1.00. The van der Waals surface area contributed by atoms with Crippen molar-refractivity contribution in [2.24, 2.45) is 5.41 Å². The van der Waals surface area contributed by atoms with E-state index >= 15 is 0 Å². The van der Waals surface area contributed by atoms with Crippen LogP contribution in [0.15, 0.2) is 0 Å². The fourth-order valence-corrected chi connectivity index (χ4v) is 0.641. The largest absolute Gasteiger partial charge is 0.396 e. The van der Waals surface area contributed by atoms with Crippen LogP contribution in [0.5, 0.6) is 0 Å². The van der Waals surface area contributed by atoms with Gasteiger partial charge in [-0.25, -0.2) is 0 Å². The molecule has 2 nitrogen and oxygen atoms in total. The first-order valence-electron chi connectivity index (χ1n) is 4.31. The Morgan fingerprint density at radius 2 is 2.00 bits per heavy atom. The van der Waals surface area contributed by atoms with Crippen LogP contribution in [0.3, 0.4) is 0 Å². The highest BCUT2D eigenvalue weighted by Crippen LogP contribution is 2.13. The van der Waals surface area contributed by atoms with Crippen molar-refractivity contribution in [1.82, 2.24) is 0 Å². The summed E-state index contributed by atoms with van der Waals surface area (Å²) >= 11 is 0. The minimum absolute atomic E-state index is 0.0757.